The van der Waals surface area contributed by atoms with Crippen LogP contribution in [0.15, 0.2) is 42.2 Å². The van der Waals surface area contributed by atoms with Crippen LogP contribution in [0.5, 0.6) is 17.2 Å². The number of rotatable bonds is 9. The standard InChI is InChI=1S/C32H42O7/c1-12-32(8,9)23-17-21(24(36-10)19-25(23)39-29(35)31(5,6)7)18-26(37-11)27(33)20-13-15-22(16-14-20)38-28(34)30(2,3)4/h13-19H,12H2,1-11H3. The lowest BCUT2D eigenvalue weighted by molar-refractivity contribution is -0.143. The Morgan fingerprint density at radius 3 is 1.77 bits per heavy atom. The minimum Gasteiger partial charge on any atom is -0.496 e. The third-order valence-electron chi connectivity index (χ3n) is 6.43. The molecule has 0 atom stereocenters. The highest BCUT2D eigenvalue weighted by Gasteiger charge is 2.30. The number of hydrogen-bond acceptors (Lipinski definition) is 7. The van der Waals surface area contributed by atoms with Gasteiger partial charge in [0.1, 0.15) is 17.2 Å². The van der Waals surface area contributed by atoms with Gasteiger partial charge in [-0.05, 0) is 89.8 Å². The SMILES string of the molecule is CCC(C)(C)c1cc(C=C(OC)C(=O)c2ccc(OC(=O)C(C)(C)C)cc2)c(OC)cc1OC(=O)C(C)(C)C. The van der Waals surface area contributed by atoms with Crippen LogP contribution >= 0.6 is 0 Å². The second-order valence-corrected chi connectivity index (χ2v) is 12.2. The molecule has 39 heavy (non-hydrogen) atoms. The average molecular weight is 539 g/mol. The maximum Gasteiger partial charge on any atom is 0.316 e. The molecule has 212 valence electrons. The third-order valence-corrected chi connectivity index (χ3v) is 6.43. The molecule has 0 heterocycles. The highest BCUT2D eigenvalue weighted by molar-refractivity contribution is 6.10. The first-order valence-electron chi connectivity index (χ1n) is 13.0. The molecule has 7 heteroatoms. The van der Waals surface area contributed by atoms with Crippen LogP contribution in [0.25, 0.3) is 6.08 Å². The Balaban J connectivity index is 2.52. The van der Waals surface area contributed by atoms with E-state index in [4.69, 9.17) is 18.9 Å². The van der Waals surface area contributed by atoms with Gasteiger partial charge in [0.15, 0.2) is 5.76 Å². The normalized spacial score (nSPS) is 12.5. The van der Waals surface area contributed by atoms with E-state index in [0.717, 1.165) is 12.0 Å². The van der Waals surface area contributed by atoms with E-state index in [-0.39, 0.29) is 28.9 Å². The molecular formula is C32H42O7. The average Bonchev–Trinajstić information content (AvgIpc) is 2.86. The van der Waals surface area contributed by atoms with E-state index in [2.05, 4.69) is 20.8 Å². The van der Waals surface area contributed by atoms with E-state index in [9.17, 15) is 14.4 Å². The van der Waals surface area contributed by atoms with Crippen LogP contribution in [-0.2, 0) is 19.7 Å². The molecule has 0 bridgehead atoms. The quantitative estimate of drug-likeness (QED) is 0.110. The summed E-state index contributed by atoms with van der Waals surface area (Å²) < 4.78 is 22.3. The smallest absolute Gasteiger partial charge is 0.316 e. The van der Waals surface area contributed by atoms with Gasteiger partial charge in [-0.3, -0.25) is 14.4 Å². The van der Waals surface area contributed by atoms with Gasteiger partial charge in [-0.1, -0.05) is 20.8 Å². The third kappa shape index (κ3) is 7.94. The van der Waals surface area contributed by atoms with Gasteiger partial charge in [0.2, 0.25) is 5.78 Å². The lowest BCUT2D eigenvalue weighted by Gasteiger charge is -2.28. The van der Waals surface area contributed by atoms with E-state index in [1.165, 1.54) is 14.2 Å². The molecule has 0 spiro atoms. The van der Waals surface area contributed by atoms with Crippen LogP contribution in [0.4, 0.5) is 0 Å². The van der Waals surface area contributed by atoms with Crippen LogP contribution in [-0.4, -0.2) is 31.9 Å². The Bertz CT molecular complexity index is 1240. The number of benzene rings is 2. The molecule has 0 amide bonds. The summed E-state index contributed by atoms with van der Waals surface area (Å²) in [5.74, 6) is 0.206. The van der Waals surface area contributed by atoms with Gasteiger partial charge in [0.25, 0.3) is 0 Å². The minimum atomic E-state index is -0.685. The van der Waals surface area contributed by atoms with Crippen LogP contribution in [0.3, 0.4) is 0 Å². The topological polar surface area (TPSA) is 88.1 Å². The Labute approximate surface area is 232 Å². The van der Waals surface area contributed by atoms with Crippen molar-refractivity contribution in [2.45, 2.75) is 74.1 Å². The maximum absolute atomic E-state index is 13.3. The molecule has 0 aliphatic heterocycles. The van der Waals surface area contributed by atoms with Gasteiger partial charge in [-0.25, -0.2) is 0 Å². The number of ether oxygens (including phenoxy) is 4. The highest BCUT2D eigenvalue weighted by Crippen LogP contribution is 2.40. The Morgan fingerprint density at radius 2 is 1.31 bits per heavy atom. The predicted molar refractivity (Wildman–Crippen MR) is 152 cm³/mol. The van der Waals surface area contributed by atoms with Crippen LogP contribution < -0.4 is 14.2 Å². The fraction of sp³-hybridized carbons (Fsp3) is 0.469. The number of carbonyl (C=O) groups excluding carboxylic acids is 3. The maximum atomic E-state index is 13.3. The number of esters is 2. The number of Topliss-reactive ketones (excluding diaryl/α,β-unsaturated/α-hetero) is 1. The highest BCUT2D eigenvalue weighted by atomic mass is 16.5. The molecule has 0 saturated heterocycles. The summed E-state index contributed by atoms with van der Waals surface area (Å²) in [6.45, 7) is 16.9. The van der Waals surface area contributed by atoms with Crippen molar-refractivity contribution in [1.29, 1.82) is 0 Å². The summed E-state index contributed by atoms with van der Waals surface area (Å²) in [5, 5.41) is 0. The fourth-order valence-electron chi connectivity index (χ4n) is 3.36. The largest absolute Gasteiger partial charge is 0.496 e. The molecule has 7 nitrogen and oxygen atoms in total. The zero-order valence-electron chi connectivity index (χ0n) is 25.1. The first-order chi connectivity index (χ1) is 17.9. The number of ketones is 1. The van der Waals surface area contributed by atoms with Gasteiger partial charge < -0.3 is 18.9 Å². The van der Waals surface area contributed by atoms with Crippen LogP contribution in [0, 0.1) is 10.8 Å². The number of carbonyl (C=O) groups is 3. The molecule has 0 unspecified atom stereocenters. The van der Waals surface area contributed by atoms with Crippen molar-refractivity contribution in [2.24, 2.45) is 10.8 Å². The van der Waals surface area contributed by atoms with Crippen molar-refractivity contribution >= 4 is 23.8 Å². The molecule has 0 saturated carbocycles. The van der Waals surface area contributed by atoms with Crippen molar-refractivity contribution in [1.82, 2.24) is 0 Å². The van der Waals surface area contributed by atoms with E-state index in [1.54, 1.807) is 78.0 Å². The molecule has 2 rings (SSSR count). The lowest BCUT2D eigenvalue weighted by atomic mass is 9.80. The predicted octanol–water partition coefficient (Wildman–Crippen LogP) is 7.16. The number of methoxy groups -OCH3 is 2. The first kappa shape index (κ1) is 31.6. The van der Waals surface area contributed by atoms with E-state index >= 15 is 0 Å². The van der Waals surface area contributed by atoms with Crippen molar-refractivity contribution in [3.8, 4) is 17.2 Å². The molecule has 2 aromatic carbocycles. The Morgan fingerprint density at radius 1 is 0.769 bits per heavy atom. The van der Waals surface area contributed by atoms with E-state index in [0.29, 0.717) is 28.4 Å². The van der Waals surface area contributed by atoms with Crippen LogP contribution in [0.1, 0.15) is 90.2 Å². The summed E-state index contributed by atoms with van der Waals surface area (Å²) in [6, 6.07) is 9.86. The zero-order valence-corrected chi connectivity index (χ0v) is 25.1. The van der Waals surface area contributed by atoms with E-state index < -0.39 is 10.8 Å². The summed E-state index contributed by atoms with van der Waals surface area (Å²) in [4.78, 5) is 38.2. The van der Waals surface area contributed by atoms with Crippen molar-refractivity contribution in [3.63, 3.8) is 0 Å². The second-order valence-electron chi connectivity index (χ2n) is 12.2. The Hall–Kier alpha value is -3.61. The van der Waals surface area contributed by atoms with Gasteiger partial charge in [0, 0.05) is 22.8 Å². The molecule has 0 N–H and O–H groups in total. The molecule has 0 radical (unpaired) electrons. The van der Waals surface area contributed by atoms with Crippen molar-refractivity contribution in [2.75, 3.05) is 14.2 Å². The van der Waals surface area contributed by atoms with Gasteiger partial charge in [-0.15, -0.1) is 0 Å². The first-order valence-corrected chi connectivity index (χ1v) is 13.0. The minimum absolute atomic E-state index is 0.0902. The van der Waals surface area contributed by atoms with Gasteiger partial charge >= 0.3 is 11.9 Å². The summed E-state index contributed by atoms with van der Waals surface area (Å²) >= 11 is 0. The molecule has 0 aliphatic rings. The monoisotopic (exact) mass is 538 g/mol. The lowest BCUT2D eigenvalue weighted by Crippen LogP contribution is -2.27. The van der Waals surface area contributed by atoms with Crippen LogP contribution in [0.2, 0.25) is 0 Å². The zero-order chi connectivity index (χ0) is 29.8. The summed E-state index contributed by atoms with van der Waals surface area (Å²) in [7, 11) is 2.94. The molecule has 0 aromatic heterocycles. The molecule has 0 fully saturated rings. The molecule has 0 aliphatic carbocycles. The number of hydrogen-bond donors (Lipinski definition) is 0. The summed E-state index contributed by atoms with van der Waals surface area (Å²) in [6.07, 6.45) is 2.39. The van der Waals surface area contributed by atoms with Gasteiger partial charge in [0.05, 0.1) is 25.0 Å². The Kier molecular flexibility index (Phi) is 9.77. The van der Waals surface area contributed by atoms with Crippen molar-refractivity contribution < 1.29 is 33.3 Å². The van der Waals surface area contributed by atoms with Gasteiger partial charge in [-0.2, -0.15) is 0 Å². The van der Waals surface area contributed by atoms with Crippen molar-refractivity contribution in [3.05, 3.63) is 58.8 Å². The molecular weight excluding hydrogens is 496 g/mol. The summed E-state index contributed by atoms with van der Waals surface area (Å²) in [5.41, 5.74) is 0.108. The fourth-order valence-corrected chi connectivity index (χ4v) is 3.36. The second kappa shape index (κ2) is 12.1. The molecule has 2 aromatic rings. The van der Waals surface area contributed by atoms with E-state index in [1.807, 2.05) is 6.07 Å². The number of allylic oxidation sites excluding steroid dienone is 1.